The highest BCUT2D eigenvalue weighted by molar-refractivity contribution is 5.97. The van der Waals surface area contributed by atoms with Gasteiger partial charge in [0, 0.05) is 23.7 Å². The minimum Gasteiger partial charge on any atom is -0.349 e. The van der Waals surface area contributed by atoms with Crippen molar-refractivity contribution in [2.24, 2.45) is 0 Å². The van der Waals surface area contributed by atoms with E-state index in [0.29, 0.717) is 17.7 Å². The average Bonchev–Trinajstić information content (AvgIpc) is 2.96. The average molecular weight is 364 g/mol. The number of rotatable bonds is 5. The van der Waals surface area contributed by atoms with E-state index in [1.165, 1.54) is 31.2 Å². The number of amides is 2. The van der Waals surface area contributed by atoms with Crippen LogP contribution in [0.4, 0.5) is 0 Å². The zero-order chi connectivity index (χ0) is 19.1. The van der Waals surface area contributed by atoms with Crippen LogP contribution in [0.3, 0.4) is 0 Å². The van der Waals surface area contributed by atoms with Crippen LogP contribution in [0.5, 0.6) is 0 Å². The molecule has 2 aromatic rings. The molecule has 0 heterocycles. The van der Waals surface area contributed by atoms with Gasteiger partial charge in [0.1, 0.15) is 0 Å². The first kappa shape index (κ1) is 19.2. The number of hydrogen-bond acceptors (Lipinski definition) is 2. The van der Waals surface area contributed by atoms with E-state index in [-0.39, 0.29) is 17.9 Å². The van der Waals surface area contributed by atoms with E-state index in [1.54, 1.807) is 24.3 Å². The molecule has 2 amide bonds. The molecule has 1 aliphatic carbocycles. The van der Waals surface area contributed by atoms with Crippen molar-refractivity contribution in [3.63, 3.8) is 0 Å². The van der Waals surface area contributed by atoms with Crippen molar-refractivity contribution in [1.82, 2.24) is 10.6 Å². The van der Waals surface area contributed by atoms with Gasteiger partial charge in [0.15, 0.2) is 0 Å². The molecule has 1 saturated carbocycles. The smallest absolute Gasteiger partial charge is 0.251 e. The van der Waals surface area contributed by atoms with Crippen LogP contribution in [0.1, 0.15) is 70.4 Å². The van der Waals surface area contributed by atoms with E-state index in [1.807, 2.05) is 31.2 Å². The van der Waals surface area contributed by atoms with Gasteiger partial charge >= 0.3 is 0 Å². The molecule has 4 heteroatoms. The van der Waals surface area contributed by atoms with Crippen LogP contribution in [0.25, 0.3) is 0 Å². The normalized spacial score (nSPS) is 15.0. The zero-order valence-corrected chi connectivity index (χ0v) is 16.0. The minimum absolute atomic E-state index is 0.0477. The van der Waals surface area contributed by atoms with Gasteiger partial charge in [-0.1, -0.05) is 55.5 Å². The van der Waals surface area contributed by atoms with Gasteiger partial charge in [-0.25, -0.2) is 0 Å². The van der Waals surface area contributed by atoms with Gasteiger partial charge in [-0.05, 0) is 49.6 Å². The maximum absolute atomic E-state index is 12.4. The van der Waals surface area contributed by atoms with Crippen LogP contribution >= 0.6 is 0 Å². The fourth-order valence-electron chi connectivity index (χ4n) is 3.46. The third-order valence-corrected chi connectivity index (χ3v) is 5.17. The summed E-state index contributed by atoms with van der Waals surface area (Å²) in [4.78, 5) is 24.7. The standard InChI is InChI=1S/C23H28N2O2/c1-17-8-10-18(11-9-17)16-24-22(26)19-12-14-20(15-13-19)23(27)25-21-6-4-2-3-5-7-21/h8-15,21H,2-7,16H2,1H3,(H,24,26)(H,25,27). The zero-order valence-electron chi connectivity index (χ0n) is 16.0. The fraction of sp³-hybridized carbons (Fsp3) is 0.391. The molecule has 1 aliphatic rings. The van der Waals surface area contributed by atoms with Crippen LogP contribution < -0.4 is 10.6 Å². The maximum atomic E-state index is 12.4. The second-order valence-corrected chi connectivity index (χ2v) is 7.41. The van der Waals surface area contributed by atoms with Gasteiger partial charge in [0.2, 0.25) is 0 Å². The van der Waals surface area contributed by atoms with Gasteiger partial charge in [0.25, 0.3) is 11.8 Å². The summed E-state index contributed by atoms with van der Waals surface area (Å²) in [6.07, 6.45) is 7.02. The second-order valence-electron chi connectivity index (χ2n) is 7.41. The second kappa shape index (κ2) is 9.36. The summed E-state index contributed by atoms with van der Waals surface area (Å²) < 4.78 is 0. The van der Waals surface area contributed by atoms with Crippen LogP contribution in [-0.4, -0.2) is 17.9 Å². The number of aryl methyl sites for hydroxylation is 1. The molecule has 0 unspecified atom stereocenters. The SMILES string of the molecule is Cc1ccc(CNC(=O)c2ccc(C(=O)NC3CCCCCC3)cc2)cc1. The Balaban J connectivity index is 1.53. The monoisotopic (exact) mass is 364 g/mol. The Labute approximate surface area is 161 Å². The van der Waals surface area contributed by atoms with Crippen LogP contribution in [0, 0.1) is 6.92 Å². The number of benzene rings is 2. The Morgan fingerprint density at radius 1 is 0.815 bits per heavy atom. The molecule has 0 bridgehead atoms. The first-order chi connectivity index (χ1) is 13.1. The van der Waals surface area contributed by atoms with Crippen LogP contribution in [-0.2, 0) is 6.54 Å². The van der Waals surface area contributed by atoms with Crippen LogP contribution in [0.2, 0.25) is 0 Å². The Morgan fingerprint density at radius 3 is 1.96 bits per heavy atom. The first-order valence-corrected chi connectivity index (χ1v) is 9.86. The third kappa shape index (κ3) is 5.68. The maximum Gasteiger partial charge on any atom is 0.251 e. The van der Waals surface area contributed by atoms with Crippen molar-refractivity contribution in [1.29, 1.82) is 0 Å². The van der Waals surface area contributed by atoms with E-state index in [9.17, 15) is 9.59 Å². The highest BCUT2D eigenvalue weighted by atomic mass is 16.2. The molecule has 0 spiro atoms. The molecule has 0 radical (unpaired) electrons. The topological polar surface area (TPSA) is 58.2 Å². The number of carbonyl (C=O) groups excluding carboxylic acids is 2. The molecule has 3 rings (SSSR count). The lowest BCUT2D eigenvalue weighted by Gasteiger charge is -2.16. The molecule has 4 nitrogen and oxygen atoms in total. The highest BCUT2D eigenvalue weighted by Gasteiger charge is 2.16. The molecule has 0 aromatic heterocycles. The van der Waals surface area contributed by atoms with E-state index in [2.05, 4.69) is 10.6 Å². The molecule has 0 saturated heterocycles. The summed E-state index contributed by atoms with van der Waals surface area (Å²) in [5.41, 5.74) is 3.43. The lowest BCUT2D eigenvalue weighted by atomic mass is 10.1. The molecule has 2 N–H and O–H groups in total. The quantitative estimate of drug-likeness (QED) is 0.774. The van der Waals surface area contributed by atoms with Crippen molar-refractivity contribution in [3.8, 4) is 0 Å². The predicted octanol–water partition coefficient (Wildman–Crippen LogP) is 4.38. The van der Waals surface area contributed by atoms with E-state index >= 15 is 0 Å². The van der Waals surface area contributed by atoms with Crippen molar-refractivity contribution in [2.75, 3.05) is 0 Å². The molecule has 0 aliphatic heterocycles. The van der Waals surface area contributed by atoms with Crippen molar-refractivity contribution >= 4 is 11.8 Å². The Hall–Kier alpha value is -2.62. The molecular formula is C23H28N2O2. The van der Waals surface area contributed by atoms with Gasteiger partial charge in [-0.15, -0.1) is 0 Å². The summed E-state index contributed by atoms with van der Waals surface area (Å²) in [7, 11) is 0. The number of nitrogens with one attached hydrogen (secondary N) is 2. The summed E-state index contributed by atoms with van der Waals surface area (Å²) in [5.74, 6) is -0.181. The summed E-state index contributed by atoms with van der Waals surface area (Å²) >= 11 is 0. The van der Waals surface area contributed by atoms with Crippen molar-refractivity contribution in [2.45, 2.75) is 58.0 Å². The largest absolute Gasteiger partial charge is 0.349 e. The lowest BCUT2D eigenvalue weighted by molar-refractivity contribution is 0.0927. The van der Waals surface area contributed by atoms with Gasteiger partial charge in [-0.2, -0.15) is 0 Å². The molecule has 142 valence electrons. The predicted molar refractivity (Wildman–Crippen MR) is 108 cm³/mol. The number of hydrogen-bond donors (Lipinski definition) is 2. The van der Waals surface area contributed by atoms with Crippen molar-refractivity contribution in [3.05, 3.63) is 70.8 Å². The van der Waals surface area contributed by atoms with Gasteiger partial charge < -0.3 is 10.6 Å². The minimum atomic E-state index is -0.133. The van der Waals surface area contributed by atoms with E-state index < -0.39 is 0 Å². The third-order valence-electron chi connectivity index (χ3n) is 5.17. The highest BCUT2D eigenvalue weighted by Crippen LogP contribution is 2.17. The van der Waals surface area contributed by atoms with Gasteiger partial charge in [0.05, 0.1) is 0 Å². The summed E-state index contributed by atoms with van der Waals surface area (Å²) in [6.45, 7) is 2.53. The Kier molecular flexibility index (Phi) is 6.64. The summed E-state index contributed by atoms with van der Waals surface area (Å²) in [6, 6.07) is 15.2. The Bertz CT molecular complexity index is 758. The molecular weight excluding hydrogens is 336 g/mol. The van der Waals surface area contributed by atoms with Crippen LogP contribution in [0.15, 0.2) is 48.5 Å². The van der Waals surface area contributed by atoms with Crippen molar-refractivity contribution < 1.29 is 9.59 Å². The molecule has 0 atom stereocenters. The molecule has 27 heavy (non-hydrogen) atoms. The molecule has 2 aromatic carbocycles. The summed E-state index contributed by atoms with van der Waals surface area (Å²) in [5, 5.41) is 6.05. The number of carbonyl (C=O) groups is 2. The molecule has 1 fully saturated rings. The Morgan fingerprint density at radius 2 is 1.37 bits per heavy atom. The first-order valence-electron chi connectivity index (χ1n) is 9.86. The fourth-order valence-corrected chi connectivity index (χ4v) is 3.46. The van der Waals surface area contributed by atoms with E-state index in [0.717, 1.165) is 18.4 Å². The van der Waals surface area contributed by atoms with Gasteiger partial charge in [-0.3, -0.25) is 9.59 Å². The van der Waals surface area contributed by atoms with E-state index in [4.69, 9.17) is 0 Å². The lowest BCUT2D eigenvalue weighted by Crippen LogP contribution is -2.34.